The minimum atomic E-state index is -0.555. The number of hydrogen-bond acceptors (Lipinski definition) is 1. The topological polar surface area (TPSA) is 25.2 Å². The SMILES string of the molecule is Cc1cc2c(n1-c1cc(F)ccc1F)CC(C)(C)CC2O. The van der Waals surface area contributed by atoms with Gasteiger partial charge in [-0.1, -0.05) is 13.8 Å². The molecule has 0 aliphatic heterocycles. The molecule has 21 heavy (non-hydrogen) atoms. The van der Waals surface area contributed by atoms with Crippen molar-refractivity contribution >= 4 is 0 Å². The van der Waals surface area contributed by atoms with Crippen LogP contribution in [-0.4, -0.2) is 9.67 Å². The lowest BCUT2D eigenvalue weighted by molar-refractivity contribution is 0.0986. The van der Waals surface area contributed by atoms with Crippen molar-refractivity contribution in [3.05, 3.63) is 52.9 Å². The molecular formula is C17H19F2NO. The van der Waals surface area contributed by atoms with Crippen LogP contribution in [-0.2, 0) is 6.42 Å². The monoisotopic (exact) mass is 291 g/mol. The van der Waals surface area contributed by atoms with Crippen molar-refractivity contribution in [3.63, 3.8) is 0 Å². The van der Waals surface area contributed by atoms with Crippen LogP contribution in [0.4, 0.5) is 8.78 Å². The van der Waals surface area contributed by atoms with Gasteiger partial charge in [-0.05, 0) is 43.4 Å². The molecule has 3 rings (SSSR count). The van der Waals surface area contributed by atoms with Crippen molar-refractivity contribution in [2.24, 2.45) is 5.41 Å². The fraction of sp³-hybridized carbons (Fsp3) is 0.412. The molecule has 1 aliphatic rings. The van der Waals surface area contributed by atoms with Crippen molar-refractivity contribution in [1.29, 1.82) is 0 Å². The molecule has 0 amide bonds. The van der Waals surface area contributed by atoms with Gasteiger partial charge in [-0.2, -0.15) is 0 Å². The Morgan fingerprint density at radius 3 is 2.67 bits per heavy atom. The Bertz CT molecular complexity index is 703. The Balaban J connectivity index is 2.23. The van der Waals surface area contributed by atoms with Gasteiger partial charge in [0.2, 0.25) is 0 Å². The third kappa shape index (κ3) is 2.38. The molecule has 1 aromatic carbocycles. The second-order valence-electron chi connectivity index (χ2n) is 6.68. The molecule has 0 saturated heterocycles. The summed E-state index contributed by atoms with van der Waals surface area (Å²) in [5.74, 6) is -0.931. The van der Waals surface area contributed by atoms with E-state index < -0.39 is 17.7 Å². The van der Waals surface area contributed by atoms with Crippen molar-refractivity contribution < 1.29 is 13.9 Å². The summed E-state index contributed by atoms with van der Waals surface area (Å²) in [5.41, 5.74) is 2.65. The van der Waals surface area contributed by atoms with Crippen LogP contribution in [0.25, 0.3) is 5.69 Å². The number of rotatable bonds is 1. The Hall–Kier alpha value is -1.68. The van der Waals surface area contributed by atoms with Gasteiger partial charge in [0.25, 0.3) is 0 Å². The van der Waals surface area contributed by atoms with E-state index in [4.69, 9.17) is 0 Å². The second-order valence-corrected chi connectivity index (χ2v) is 6.68. The normalized spacial score (nSPS) is 20.4. The summed E-state index contributed by atoms with van der Waals surface area (Å²) in [6.07, 6.45) is 0.846. The van der Waals surface area contributed by atoms with E-state index in [-0.39, 0.29) is 11.1 Å². The fourth-order valence-electron chi connectivity index (χ4n) is 3.34. The summed E-state index contributed by atoms with van der Waals surface area (Å²) in [5, 5.41) is 10.3. The van der Waals surface area contributed by atoms with E-state index >= 15 is 0 Å². The second kappa shape index (κ2) is 4.67. The van der Waals surface area contributed by atoms with Crippen LogP contribution in [0.2, 0.25) is 0 Å². The van der Waals surface area contributed by atoms with Crippen LogP contribution in [0, 0.1) is 24.0 Å². The van der Waals surface area contributed by atoms with Gasteiger partial charge in [0.1, 0.15) is 11.6 Å². The van der Waals surface area contributed by atoms with E-state index in [1.54, 1.807) is 4.57 Å². The molecule has 1 aliphatic carbocycles. The summed E-state index contributed by atoms with van der Waals surface area (Å²) >= 11 is 0. The van der Waals surface area contributed by atoms with Crippen LogP contribution in [0.5, 0.6) is 0 Å². The molecule has 1 N–H and O–H groups in total. The minimum Gasteiger partial charge on any atom is -0.388 e. The predicted molar refractivity (Wildman–Crippen MR) is 77.5 cm³/mol. The summed E-state index contributed by atoms with van der Waals surface area (Å²) in [4.78, 5) is 0. The zero-order valence-electron chi connectivity index (χ0n) is 12.5. The highest BCUT2D eigenvalue weighted by atomic mass is 19.1. The number of halogens is 2. The molecule has 0 radical (unpaired) electrons. The van der Waals surface area contributed by atoms with Crippen molar-refractivity contribution in [1.82, 2.24) is 4.57 Å². The van der Waals surface area contributed by atoms with E-state index in [9.17, 15) is 13.9 Å². The van der Waals surface area contributed by atoms with Gasteiger partial charge in [0.05, 0.1) is 11.8 Å². The summed E-state index contributed by atoms with van der Waals surface area (Å²) < 4.78 is 29.4. The van der Waals surface area contributed by atoms with E-state index in [0.717, 1.165) is 35.5 Å². The quantitative estimate of drug-likeness (QED) is 0.842. The molecule has 0 spiro atoms. The lowest BCUT2D eigenvalue weighted by Crippen LogP contribution is -2.26. The number of benzene rings is 1. The lowest BCUT2D eigenvalue weighted by atomic mass is 9.75. The maximum absolute atomic E-state index is 14.1. The molecule has 0 fully saturated rings. The number of hydrogen-bond donors (Lipinski definition) is 1. The molecule has 1 unspecified atom stereocenters. The van der Waals surface area contributed by atoms with Gasteiger partial charge < -0.3 is 9.67 Å². The number of nitrogens with zero attached hydrogens (tertiary/aromatic N) is 1. The first kappa shape index (κ1) is 14.3. The first-order valence-corrected chi connectivity index (χ1v) is 7.13. The Labute approximate surface area is 123 Å². The molecule has 1 heterocycles. The van der Waals surface area contributed by atoms with Crippen LogP contribution in [0.3, 0.4) is 0 Å². The average molecular weight is 291 g/mol. The van der Waals surface area contributed by atoms with E-state index in [0.29, 0.717) is 6.42 Å². The highest BCUT2D eigenvalue weighted by Gasteiger charge is 2.34. The van der Waals surface area contributed by atoms with E-state index in [2.05, 4.69) is 13.8 Å². The first-order valence-electron chi connectivity index (χ1n) is 7.13. The highest BCUT2D eigenvalue weighted by molar-refractivity contribution is 5.44. The lowest BCUT2D eigenvalue weighted by Gasteiger charge is -2.34. The maximum Gasteiger partial charge on any atom is 0.147 e. The molecule has 1 atom stereocenters. The molecule has 4 heteroatoms. The fourth-order valence-corrected chi connectivity index (χ4v) is 3.34. The van der Waals surface area contributed by atoms with E-state index in [1.165, 1.54) is 6.07 Å². The molecule has 112 valence electrons. The Morgan fingerprint density at radius 1 is 1.24 bits per heavy atom. The van der Waals surface area contributed by atoms with Crippen LogP contribution < -0.4 is 0 Å². The van der Waals surface area contributed by atoms with Crippen LogP contribution >= 0.6 is 0 Å². The van der Waals surface area contributed by atoms with Gasteiger partial charge >= 0.3 is 0 Å². The number of aliphatic hydroxyl groups excluding tert-OH is 1. The average Bonchev–Trinajstić information content (AvgIpc) is 2.68. The van der Waals surface area contributed by atoms with Gasteiger partial charge in [-0.3, -0.25) is 0 Å². The molecule has 2 nitrogen and oxygen atoms in total. The molecule has 0 bridgehead atoms. The summed E-state index contributed by atoms with van der Waals surface area (Å²) in [7, 11) is 0. The number of aliphatic hydroxyl groups is 1. The smallest absolute Gasteiger partial charge is 0.147 e. The highest BCUT2D eigenvalue weighted by Crippen LogP contribution is 2.43. The number of fused-ring (bicyclic) bond motifs is 1. The molecule has 1 aromatic heterocycles. The van der Waals surface area contributed by atoms with Crippen molar-refractivity contribution in [2.75, 3.05) is 0 Å². The maximum atomic E-state index is 14.1. The van der Waals surface area contributed by atoms with Gasteiger partial charge in [-0.25, -0.2) is 8.78 Å². The largest absolute Gasteiger partial charge is 0.388 e. The Kier molecular flexibility index (Phi) is 3.17. The summed E-state index contributed by atoms with van der Waals surface area (Å²) in [6.45, 7) is 6.00. The van der Waals surface area contributed by atoms with E-state index in [1.807, 2.05) is 13.0 Å². The van der Waals surface area contributed by atoms with Crippen LogP contribution in [0.15, 0.2) is 24.3 Å². The standard InChI is InChI=1S/C17H19F2NO/c1-10-6-12-15(8-17(2,3)9-16(12)21)20(10)14-7-11(18)4-5-13(14)19/h4-7,16,21H,8-9H2,1-3H3. The van der Waals surface area contributed by atoms with Crippen molar-refractivity contribution in [3.8, 4) is 5.69 Å². The first-order chi connectivity index (χ1) is 9.78. The number of aromatic nitrogens is 1. The zero-order chi connectivity index (χ0) is 15.4. The molecular weight excluding hydrogens is 272 g/mol. The number of aryl methyl sites for hydroxylation is 1. The zero-order valence-corrected chi connectivity index (χ0v) is 12.5. The third-order valence-electron chi connectivity index (χ3n) is 4.22. The summed E-state index contributed by atoms with van der Waals surface area (Å²) in [6, 6.07) is 5.33. The molecule has 0 saturated carbocycles. The minimum absolute atomic E-state index is 0.0707. The van der Waals surface area contributed by atoms with Gasteiger partial charge in [0.15, 0.2) is 0 Å². The Morgan fingerprint density at radius 2 is 1.95 bits per heavy atom. The third-order valence-corrected chi connectivity index (χ3v) is 4.22. The molecule has 2 aromatic rings. The van der Waals surface area contributed by atoms with Crippen molar-refractivity contribution in [2.45, 2.75) is 39.7 Å². The van der Waals surface area contributed by atoms with Gasteiger partial charge in [0, 0.05) is 23.0 Å². The van der Waals surface area contributed by atoms with Gasteiger partial charge in [-0.15, -0.1) is 0 Å². The predicted octanol–water partition coefficient (Wildman–Crippen LogP) is 4.07. The van der Waals surface area contributed by atoms with Crippen LogP contribution in [0.1, 0.15) is 43.3 Å².